The fraction of sp³-hybridized carbons (Fsp3) is 0.308. The average molecular weight is 258 g/mol. The maximum atomic E-state index is 10.2. The van der Waals surface area contributed by atoms with Gasteiger partial charge in [0.15, 0.2) is 0 Å². The van der Waals surface area contributed by atoms with Gasteiger partial charge < -0.3 is 10.2 Å². The monoisotopic (exact) mass is 258 g/mol. The summed E-state index contributed by atoms with van der Waals surface area (Å²) in [6.07, 6.45) is 1.58. The lowest BCUT2D eigenvalue weighted by atomic mass is 9.97. The van der Waals surface area contributed by atoms with Crippen LogP contribution in [0.2, 0.25) is 0 Å². The number of nitrogens with zero attached hydrogens (tertiary/aromatic N) is 4. The molecular weight excluding hydrogens is 244 g/mol. The zero-order valence-electron chi connectivity index (χ0n) is 10.2. The van der Waals surface area contributed by atoms with Gasteiger partial charge in [-0.25, -0.2) is 0 Å². The first-order valence-electron chi connectivity index (χ1n) is 5.93. The molecular formula is C13H14N4O2. The maximum Gasteiger partial charge on any atom is 0.105 e. The largest absolute Gasteiger partial charge is 0.390 e. The van der Waals surface area contributed by atoms with E-state index in [0.717, 1.165) is 10.8 Å². The number of pyridine rings is 1. The van der Waals surface area contributed by atoms with Gasteiger partial charge in [0.1, 0.15) is 6.10 Å². The number of hydrogen-bond acceptors (Lipinski definition) is 4. The van der Waals surface area contributed by atoms with Crippen molar-refractivity contribution in [2.24, 2.45) is 5.11 Å². The van der Waals surface area contributed by atoms with E-state index < -0.39 is 12.2 Å². The van der Waals surface area contributed by atoms with Crippen molar-refractivity contribution in [3.05, 3.63) is 52.7 Å². The van der Waals surface area contributed by atoms with Gasteiger partial charge in [0.25, 0.3) is 0 Å². The summed E-state index contributed by atoms with van der Waals surface area (Å²) in [6, 6.07) is 7.27. The highest BCUT2D eigenvalue weighted by molar-refractivity contribution is 5.85. The molecule has 0 saturated carbocycles. The van der Waals surface area contributed by atoms with Crippen molar-refractivity contribution in [3.8, 4) is 0 Å². The molecule has 6 heteroatoms. The molecule has 19 heavy (non-hydrogen) atoms. The Balaban J connectivity index is 2.25. The Hall–Kier alpha value is -2.14. The van der Waals surface area contributed by atoms with Crippen LogP contribution in [0.5, 0.6) is 0 Å². The van der Waals surface area contributed by atoms with Crippen molar-refractivity contribution in [3.63, 3.8) is 0 Å². The lowest BCUT2D eigenvalue weighted by Crippen LogP contribution is -2.19. The highest BCUT2D eigenvalue weighted by Crippen LogP contribution is 2.26. The standard InChI is InChI=1S/C13H14N4O2/c14-17-16-7-5-12(18)13(19)11-3-1-2-9-8-15-6-4-10(9)11/h1-4,6,8,12-13,18-19H,5,7H2. The van der Waals surface area contributed by atoms with Gasteiger partial charge in [-0.1, -0.05) is 23.3 Å². The van der Waals surface area contributed by atoms with Gasteiger partial charge in [-0.15, -0.1) is 0 Å². The van der Waals surface area contributed by atoms with Crippen molar-refractivity contribution < 1.29 is 10.2 Å². The number of aromatic nitrogens is 1. The number of benzene rings is 1. The summed E-state index contributed by atoms with van der Waals surface area (Å²) in [7, 11) is 0. The smallest absolute Gasteiger partial charge is 0.105 e. The van der Waals surface area contributed by atoms with E-state index in [-0.39, 0.29) is 13.0 Å². The average Bonchev–Trinajstić information content (AvgIpc) is 2.46. The minimum Gasteiger partial charge on any atom is -0.390 e. The minimum atomic E-state index is -1.01. The Bertz CT molecular complexity index is 605. The summed E-state index contributed by atoms with van der Waals surface area (Å²) in [6.45, 7) is 0.154. The predicted molar refractivity (Wildman–Crippen MR) is 71.3 cm³/mol. The van der Waals surface area contributed by atoms with Crippen LogP contribution in [0.15, 0.2) is 41.8 Å². The van der Waals surface area contributed by atoms with Crippen LogP contribution >= 0.6 is 0 Å². The van der Waals surface area contributed by atoms with Crippen LogP contribution in [0.1, 0.15) is 18.1 Å². The molecule has 0 spiro atoms. The van der Waals surface area contributed by atoms with E-state index in [1.807, 2.05) is 12.1 Å². The summed E-state index contributed by atoms with van der Waals surface area (Å²) in [4.78, 5) is 6.63. The van der Waals surface area contributed by atoms with Crippen LogP contribution in [0.4, 0.5) is 0 Å². The third kappa shape index (κ3) is 3.00. The summed E-state index contributed by atoms with van der Waals surface area (Å²) in [5, 5.41) is 25.2. The number of fused-ring (bicyclic) bond motifs is 1. The molecule has 0 aliphatic carbocycles. The van der Waals surface area contributed by atoms with E-state index >= 15 is 0 Å². The van der Waals surface area contributed by atoms with Crippen molar-refractivity contribution in [2.75, 3.05) is 6.54 Å². The Morgan fingerprint density at radius 3 is 2.95 bits per heavy atom. The SMILES string of the molecule is [N-]=[N+]=NCCC(O)C(O)c1cccc2cnccc12. The molecule has 0 bridgehead atoms. The van der Waals surface area contributed by atoms with Gasteiger partial charge in [0, 0.05) is 29.2 Å². The van der Waals surface area contributed by atoms with Crippen molar-refractivity contribution in [2.45, 2.75) is 18.6 Å². The molecule has 0 saturated heterocycles. The molecule has 0 radical (unpaired) electrons. The first-order chi connectivity index (χ1) is 9.24. The molecule has 2 rings (SSSR count). The molecule has 2 aromatic rings. The normalized spacial score (nSPS) is 13.8. The quantitative estimate of drug-likeness (QED) is 0.488. The molecule has 1 heterocycles. The van der Waals surface area contributed by atoms with Crippen LogP contribution in [0.3, 0.4) is 0 Å². The van der Waals surface area contributed by atoms with E-state index in [2.05, 4.69) is 15.0 Å². The number of aliphatic hydroxyl groups excluding tert-OH is 2. The maximum absolute atomic E-state index is 10.2. The second-order valence-corrected chi connectivity index (χ2v) is 4.20. The van der Waals surface area contributed by atoms with Gasteiger partial charge >= 0.3 is 0 Å². The highest BCUT2D eigenvalue weighted by Gasteiger charge is 2.19. The van der Waals surface area contributed by atoms with Gasteiger partial charge in [-0.3, -0.25) is 4.98 Å². The summed E-state index contributed by atoms with van der Waals surface area (Å²) < 4.78 is 0. The molecule has 2 N–H and O–H groups in total. The predicted octanol–water partition coefficient (Wildman–Crippen LogP) is 2.33. The zero-order chi connectivity index (χ0) is 13.7. The topological polar surface area (TPSA) is 102 Å². The molecule has 98 valence electrons. The molecule has 1 aromatic heterocycles. The summed E-state index contributed by atoms with van der Waals surface area (Å²) >= 11 is 0. The molecule has 2 unspecified atom stereocenters. The first kappa shape index (κ1) is 13.3. The van der Waals surface area contributed by atoms with Crippen LogP contribution < -0.4 is 0 Å². The van der Waals surface area contributed by atoms with Gasteiger partial charge in [-0.2, -0.15) is 0 Å². The number of aliphatic hydroxyl groups is 2. The fourth-order valence-electron chi connectivity index (χ4n) is 2.01. The van der Waals surface area contributed by atoms with Crippen molar-refractivity contribution >= 4 is 10.8 Å². The molecule has 0 aliphatic heterocycles. The molecule has 0 amide bonds. The zero-order valence-corrected chi connectivity index (χ0v) is 10.2. The summed E-state index contributed by atoms with van der Waals surface area (Å²) in [5.41, 5.74) is 8.83. The molecule has 2 atom stereocenters. The fourth-order valence-corrected chi connectivity index (χ4v) is 2.01. The summed E-state index contributed by atoms with van der Waals surface area (Å²) in [5.74, 6) is 0. The van der Waals surface area contributed by atoms with Crippen LogP contribution in [-0.4, -0.2) is 27.8 Å². The second kappa shape index (κ2) is 6.15. The molecule has 0 aliphatic rings. The van der Waals surface area contributed by atoms with E-state index in [4.69, 9.17) is 5.53 Å². The van der Waals surface area contributed by atoms with E-state index in [9.17, 15) is 10.2 Å². The Morgan fingerprint density at radius 1 is 1.32 bits per heavy atom. The van der Waals surface area contributed by atoms with E-state index in [1.165, 1.54) is 0 Å². The van der Waals surface area contributed by atoms with E-state index in [0.29, 0.717) is 5.56 Å². The van der Waals surface area contributed by atoms with Crippen molar-refractivity contribution in [1.82, 2.24) is 4.98 Å². The Kier molecular flexibility index (Phi) is 4.30. The Labute approximate surface area is 110 Å². The number of rotatable bonds is 5. The van der Waals surface area contributed by atoms with E-state index in [1.54, 1.807) is 24.5 Å². The van der Waals surface area contributed by atoms with Crippen LogP contribution in [0, 0.1) is 0 Å². The highest BCUT2D eigenvalue weighted by atomic mass is 16.3. The second-order valence-electron chi connectivity index (χ2n) is 4.20. The lowest BCUT2D eigenvalue weighted by molar-refractivity contribution is 0.0159. The van der Waals surface area contributed by atoms with Crippen LogP contribution in [0.25, 0.3) is 21.2 Å². The Morgan fingerprint density at radius 2 is 2.16 bits per heavy atom. The van der Waals surface area contributed by atoms with Crippen LogP contribution in [-0.2, 0) is 0 Å². The third-order valence-electron chi connectivity index (χ3n) is 2.99. The lowest BCUT2D eigenvalue weighted by Gasteiger charge is -2.19. The first-order valence-corrected chi connectivity index (χ1v) is 5.93. The van der Waals surface area contributed by atoms with Gasteiger partial charge in [0.05, 0.1) is 6.10 Å². The molecule has 6 nitrogen and oxygen atoms in total. The van der Waals surface area contributed by atoms with Gasteiger partial charge in [0.2, 0.25) is 0 Å². The number of hydrogen-bond donors (Lipinski definition) is 2. The molecule has 0 fully saturated rings. The minimum absolute atomic E-state index is 0.154. The molecule has 1 aromatic carbocycles. The number of azide groups is 1. The van der Waals surface area contributed by atoms with Gasteiger partial charge in [-0.05, 0) is 29.0 Å². The third-order valence-corrected chi connectivity index (χ3v) is 2.99. The van der Waals surface area contributed by atoms with Crippen molar-refractivity contribution in [1.29, 1.82) is 0 Å².